The molecule has 1 aromatic rings. The maximum Gasteiger partial charge on any atom is 0.244 e. The number of carbonyl (C=O) groups is 1. The van der Waals surface area contributed by atoms with Gasteiger partial charge < -0.3 is 20.5 Å². The lowest BCUT2D eigenvalue weighted by atomic mass is 9.77. The number of benzene rings is 1. The zero-order valence-corrected chi connectivity index (χ0v) is 13.5. The van der Waals surface area contributed by atoms with Crippen molar-refractivity contribution < 1.29 is 14.3 Å². The third-order valence-corrected chi connectivity index (χ3v) is 3.82. The predicted octanol–water partition coefficient (Wildman–Crippen LogP) is 3.08. The zero-order valence-electron chi connectivity index (χ0n) is 13.5. The lowest BCUT2D eigenvalue weighted by Gasteiger charge is -2.36. The molecule has 1 aromatic carbocycles. The van der Waals surface area contributed by atoms with Crippen molar-refractivity contribution in [1.29, 1.82) is 0 Å². The van der Waals surface area contributed by atoms with Crippen molar-refractivity contribution in [3.05, 3.63) is 18.2 Å². The second-order valence-corrected chi connectivity index (χ2v) is 5.82. The second kappa shape index (κ2) is 7.49. The van der Waals surface area contributed by atoms with E-state index in [9.17, 15) is 4.79 Å². The van der Waals surface area contributed by atoms with Crippen molar-refractivity contribution in [2.45, 2.75) is 51.5 Å². The van der Waals surface area contributed by atoms with Gasteiger partial charge >= 0.3 is 0 Å². The van der Waals surface area contributed by atoms with Gasteiger partial charge in [-0.15, -0.1) is 0 Å². The number of carbonyl (C=O) groups excluding carboxylic acids is 1. The molecule has 2 rings (SSSR count). The summed E-state index contributed by atoms with van der Waals surface area (Å²) in [6.45, 7) is 5.36. The summed E-state index contributed by atoms with van der Waals surface area (Å²) in [5.74, 6) is 1.25. The highest BCUT2D eigenvalue weighted by molar-refractivity contribution is 5.98. The number of hydrogen-bond donors (Lipinski definition) is 2. The number of nitrogens with one attached hydrogen (secondary N) is 1. The first-order valence-corrected chi connectivity index (χ1v) is 8.09. The molecule has 5 nitrogen and oxygen atoms in total. The molecule has 0 atom stereocenters. The SMILES string of the molecule is CCCOc1ccc(NC(=O)C2(N)CCC2)cc1OCCC. The number of nitrogens with two attached hydrogens (primary N) is 1. The van der Waals surface area contributed by atoms with Gasteiger partial charge in [0.1, 0.15) is 0 Å². The number of ether oxygens (including phenoxy) is 2. The van der Waals surface area contributed by atoms with Crippen LogP contribution in [0, 0.1) is 0 Å². The molecule has 1 fully saturated rings. The molecule has 0 heterocycles. The molecule has 1 aliphatic rings. The smallest absolute Gasteiger partial charge is 0.244 e. The first-order valence-electron chi connectivity index (χ1n) is 8.09. The molecule has 0 aromatic heterocycles. The van der Waals surface area contributed by atoms with Crippen LogP contribution in [-0.4, -0.2) is 24.7 Å². The van der Waals surface area contributed by atoms with E-state index in [1.165, 1.54) is 0 Å². The molecule has 22 heavy (non-hydrogen) atoms. The van der Waals surface area contributed by atoms with E-state index in [1.807, 2.05) is 19.1 Å². The minimum absolute atomic E-state index is 0.123. The van der Waals surface area contributed by atoms with E-state index in [1.54, 1.807) is 6.07 Å². The highest BCUT2D eigenvalue weighted by Gasteiger charge is 2.40. The summed E-state index contributed by atoms with van der Waals surface area (Å²) in [6, 6.07) is 5.46. The molecule has 3 N–H and O–H groups in total. The Morgan fingerprint density at radius 1 is 1.18 bits per heavy atom. The summed E-state index contributed by atoms with van der Waals surface area (Å²) >= 11 is 0. The standard InChI is InChI=1S/C17H26N2O3/c1-3-10-21-14-7-6-13(12-15(14)22-11-4-2)19-16(20)17(18)8-5-9-17/h6-7,12H,3-5,8-11,18H2,1-2H3,(H,19,20). The molecule has 122 valence electrons. The van der Waals surface area contributed by atoms with Crippen LogP contribution in [0.25, 0.3) is 0 Å². The largest absolute Gasteiger partial charge is 0.490 e. The van der Waals surface area contributed by atoms with E-state index in [-0.39, 0.29) is 5.91 Å². The Bertz CT molecular complexity index is 513. The molecular formula is C17H26N2O3. The van der Waals surface area contributed by atoms with Crippen molar-refractivity contribution in [2.75, 3.05) is 18.5 Å². The van der Waals surface area contributed by atoms with Crippen LogP contribution in [0.1, 0.15) is 46.0 Å². The van der Waals surface area contributed by atoms with E-state index in [0.29, 0.717) is 30.4 Å². The fraction of sp³-hybridized carbons (Fsp3) is 0.588. The second-order valence-electron chi connectivity index (χ2n) is 5.82. The lowest BCUT2D eigenvalue weighted by molar-refractivity contribution is -0.123. The Hall–Kier alpha value is -1.75. The lowest BCUT2D eigenvalue weighted by Crippen LogP contribution is -2.56. The molecule has 0 aliphatic heterocycles. The quantitative estimate of drug-likeness (QED) is 0.774. The van der Waals surface area contributed by atoms with E-state index >= 15 is 0 Å². The topological polar surface area (TPSA) is 73.6 Å². The maximum absolute atomic E-state index is 12.2. The molecule has 1 aliphatic carbocycles. The first-order chi connectivity index (χ1) is 10.6. The number of anilines is 1. The van der Waals surface area contributed by atoms with Crippen LogP contribution < -0.4 is 20.5 Å². The minimum atomic E-state index is -0.707. The average molecular weight is 306 g/mol. The van der Waals surface area contributed by atoms with Crippen molar-refractivity contribution in [3.63, 3.8) is 0 Å². The van der Waals surface area contributed by atoms with Crippen LogP contribution in [0.5, 0.6) is 11.5 Å². The fourth-order valence-electron chi connectivity index (χ4n) is 2.28. The van der Waals surface area contributed by atoms with Gasteiger partial charge in [-0.2, -0.15) is 0 Å². The molecule has 0 saturated heterocycles. The Morgan fingerprint density at radius 2 is 1.82 bits per heavy atom. The van der Waals surface area contributed by atoms with Crippen molar-refractivity contribution in [2.24, 2.45) is 5.73 Å². The molecule has 0 bridgehead atoms. The van der Waals surface area contributed by atoms with E-state index in [0.717, 1.165) is 32.1 Å². The number of rotatable bonds is 8. The molecule has 0 unspecified atom stereocenters. The zero-order chi connectivity index (χ0) is 16.0. The Kier molecular flexibility index (Phi) is 5.66. The average Bonchev–Trinajstić information content (AvgIpc) is 2.49. The summed E-state index contributed by atoms with van der Waals surface area (Å²) in [7, 11) is 0. The molecule has 0 radical (unpaired) electrons. The van der Waals surface area contributed by atoms with Crippen LogP contribution in [-0.2, 0) is 4.79 Å². The third-order valence-electron chi connectivity index (χ3n) is 3.82. The van der Waals surface area contributed by atoms with Gasteiger partial charge in [-0.05, 0) is 44.2 Å². The van der Waals surface area contributed by atoms with E-state index in [4.69, 9.17) is 15.2 Å². The van der Waals surface area contributed by atoms with E-state index < -0.39 is 5.54 Å². The highest BCUT2D eigenvalue weighted by atomic mass is 16.5. The van der Waals surface area contributed by atoms with Crippen LogP contribution >= 0.6 is 0 Å². The van der Waals surface area contributed by atoms with Gasteiger partial charge in [-0.25, -0.2) is 0 Å². The summed E-state index contributed by atoms with van der Waals surface area (Å²) < 4.78 is 11.4. The molecule has 5 heteroatoms. The van der Waals surface area contributed by atoms with Gasteiger partial charge in [-0.3, -0.25) is 4.79 Å². The van der Waals surface area contributed by atoms with Crippen LogP contribution in [0.2, 0.25) is 0 Å². The maximum atomic E-state index is 12.2. The number of amides is 1. The molecule has 1 saturated carbocycles. The van der Waals surface area contributed by atoms with Gasteiger partial charge in [0, 0.05) is 11.8 Å². The predicted molar refractivity (Wildman–Crippen MR) is 87.4 cm³/mol. The van der Waals surface area contributed by atoms with Crippen molar-refractivity contribution in [1.82, 2.24) is 0 Å². The first kappa shape index (κ1) is 16.6. The minimum Gasteiger partial charge on any atom is -0.490 e. The van der Waals surface area contributed by atoms with Crippen LogP contribution in [0.15, 0.2) is 18.2 Å². The molecule has 0 spiro atoms. The van der Waals surface area contributed by atoms with Crippen molar-refractivity contribution >= 4 is 11.6 Å². The monoisotopic (exact) mass is 306 g/mol. The summed E-state index contributed by atoms with van der Waals surface area (Å²) in [6.07, 6.45) is 4.35. The molecule has 1 amide bonds. The summed E-state index contributed by atoms with van der Waals surface area (Å²) in [5, 5.41) is 2.89. The van der Waals surface area contributed by atoms with Crippen LogP contribution in [0.3, 0.4) is 0 Å². The number of hydrogen-bond acceptors (Lipinski definition) is 4. The van der Waals surface area contributed by atoms with E-state index in [2.05, 4.69) is 12.2 Å². The fourth-order valence-corrected chi connectivity index (χ4v) is 2.28. The highest BCUT2D eigenvalue weighted by Crippen LogP contribution is 2.33. The normalized spacial score (nSPS) is 15.8. The van der Waals surface area contributed by atoms with Gasteiger partial charge in [0.2, 0.25) is 5.91 Å². The van der Waals surface area contributed by atoms with Gasteiger partial charge in [0.15, 0.2) is 11.5 Å². The van der Waals surface area contributed by atoms with Crippen molar-refractivity contribution in [3.8, 4) is 11.5 Å². The Morgan fingerprint density at radius 3 is 2.36 bits per heavy atom. The van der Waals surface area contributed by atoms with Gasteiger partial charge in [-0.1, -0.05) is 13.8 Å². The summed E-state index contributed by atoms with van der Waals surface area (Å²) in [5.41, 5.74) is 6.02. The van der Waals surface area contributed by atoms with Crippen LogP contribution in [0.4, 0.5) is 5.69 Å². The molecular weight excluding hydrogens is 280 g/mol. The summed E-state index contributed by atoms with van der Waals surface area (Å²) in [4.78, 5) is 12.2. The van der Waals surface area contributed by atoms with Gasteiger partial charge in [0.05, 0.1) is 18.8 Å². The Labute approximate surface area is 132 Å². The van der Waals surface area contributed by atoms with Gasteiger partial charge in [0.25, 0.3) is 0 Å². The third kappa shape index (κ3) is 3.91. The Balaban J connectivity index is 2.09.